The Morgan fingerprint density at radius 2 is 2.22 bits per heavy atom. The lowest BCUT2D eigenvalue weighted by atomic mass is 10.1. The fourth-order valence-electron chi connectivity index (χ4n) is 0.652. The number of nitrogens with zero attached hydrogens (tertiary/aromatic N) is 1. The monoisotopic (exact) mass is 134 g/mol. The molecule has 1 rings (SSSR count). The summed E-state index contributed by atoms with van der Waals surface area (Å²) in [6.45, 7) is -0.619. The Kier molecular flexibility index (Phi) is 1.38. The fourth-order valence-corrected chi connectivity index (χ4v) is 0.652. The summed E-state index contributed by atoms with van der Waals surface area (Å²) < 4.78 is 24.3. The number of hydrogen-bond donors (Lipinski definition) is 0. The molecule has 1 aliphatic heterocycles. The summed E-state index contributed by atoms with van der Waals surface area (Å²) in [6.07, 6.45) is -0.442. The van der Waals surface area contributed by atoms with Crippen molar-refractivity contribution in [3.8, 4) is 0 Å². The highest BCUT2D eigenvalue weighted by atomic mass is 19.3. The zero-order valence-electron chi connectivity index (χ0n) is 4.73. The lowest BCUT2D eigenvalue weighted by Crippen LogP contribution is -2.37. The van der Waals surface area contributed by atoms with Crippen LogP contribution in [0.2, 0.25) is 0 Å². The molecule has 0 aromatic carbocycles. The first-order valence-corrected chi connectivity index (χ1v) is 2.68. The van der Waals surface area contributed by atoms with Crippen molar-refractivity contribution in [2.75, 3.05) is 6.54 Å². The van der Waals surface area contributed by atoms with Crippen LogP contribution >= 0.6 is 0 Å². The number of amides is 1. The average Bonchev–Trinajstić information content (AvgIpc) is 1.78. The van der Waals surface area contributed by atoms with Gasteiger partial charge < -0.3 is 0 Å². The first-order valence-electron chi connectivity index (χ1n) is 2.68. The molecule has 1 aliphatic rings. The summed E-state index contributed by atoms with van der Waals surface area (Å²) in [5.41, 5.74) is 0. The number of halogens is 2. The average molecular weight is 134 g/mol. The van der Waals surface area contributed by atoms with Crippen LogP contribution in [0, 0.1) is 0 Å². The summed E-state index contributed by atoms with van der Waals surface area (Å²) in [5, 5.41) is 3.09. The second-order valence-electron chi connectivity index (χ2n) is 2.07. The van der Waals surface area contributed by atoms with Gasteiger partial charge in [0.1, 0.15) is 6.54 Å². The highest BCUT2D eigenvalue weighted by molar-refractivity contribution is 5.76. The van der Waals surface area contributed by atoms with Gasteiger partial charge in [0.25, 0.3) is 5.92 Å². The van der Waals surface area contributed by atoms with Gasteiger partial charge in [-0.2, -0.15) is 0 Å². The molecule has 0 atom stereocenters. The van der Waals surface area contributed by atoms with Crippen LogP contribution in [0.25, 0.3) is 0 Å². The van der Waals surface area contributed by atoms with Crippen LogP contribution < -0.4 is 5.32 Å². The molecule has 0 spiro atoms. The van der Waals surface area contributed by atoms with Crippen LogP contribution in [0.15, 0.2) is 0 Å². The minimum absolute atomic E-state index is 0.104. The second-order valence-corrected chi connectivity index (χ2v) is 2.07. The maximum atomic E-state index is 12.1. The maximum absolute atomic E-state index is 12.1. The third-order valence-electron chi connectivity index (χ3n) is 1.19. The van der Waals surface area contributed by atoms with Gasteiger partial charge in [0, 0.05) is 12.8 Å². The van der Waals surface area contributed by atoms with Crippen molar-refractivity contribution in [2.24, 2.45) is 0 Å². The second kappa shape index (κ2) is 1.93. The van der Waals surface area contributed by atoms with E-state index < -0.39 is 18.4 Å². The molecule has 1 radical (unpaired) electrons. The molecular formula is C5H6F2NO. The van der Waals surface area contributed by atoms with Gasteiger partial charge >= 0.3 is 0 Å². The molecule has 4 heteroatoms. The molecule has 51 valence electrons. The predicted octanol–water partition coefficient (Wildman–Crippen LogP) is 0.546. The van der Waals surface area contributed by atoms with Crippen LogP contribution in [0.3, 0.4) is 0 Å². The van der Waals surface area contributed by atoms with E-state index in [2.05, 4.69) is 5.32 Å². The highest BCUT2D eigenvalue weighted by Crippen LogP contribution is 2.22. The van der Waals surface area contributed by atoms with E-state index in [1.165, 1.54) is 0 Å². The summed E-state index contributed by atoms with van der Waals surface area (Å²) in [6, 6.07) is 0. The highest BCUT2D eigenvalue weighted by Gasteiger charge is 2.34. The Morgan fingerprint density at radius 1 is 1.56 bits per heavy atom. The summed E-state index contributed by atoms with van der Waals surface area (Å²) in [5.74, 6) is -3.13. The molecule has 0 aromatic heterocycles. The van der Waals surface area contributed by atoms with E-state index in [1.54, 1.807) is 0 Å². The quantitative estimate of drug-likeness (QED) is 0.476. The first-order chi connectivity index (χ1) is 4.10. The van der Waals surface area contributed by atoms with Gasteiger partial charge in [0.05, 0.1) is 0 Å². The van der Waals surface area contributed by atoms with Crippen molar-refractivity contribution < 1.29 is 13.6 Å². The number of carbonyl (C=O) groups is 1. The molecule has 0 aromatic rings. The van der Waals surface area contributed by atoms with E-state index in [0.29, 0.717) is 0 Å². The molecule has 9 heavy (non-hydrogen) atoms. The SMILES string of the molecule is O=C1CCC(F)(F)C[N]1. The van der Waals surface area contributed by atoms with Crippen LogP contribution in [-0.4, -0.2) is 18.4 Å². The van der Waals surface area contributed by atoms with Crippen molar-refractivity contribution in [2.45, 2.75) is 18.8 Å². The molecule has 2 nitrogen and oxygen atoms in total. The molecule has 0 unspecified atom stereocenters. The van der Waals surface area contributed by atoms with E-state index >= 15 is 0 Å². The van der Waals surface area contributed by atoms with Gasteiger partial charge in [-0.15, -0.1) is 0 Å². The molecule has 0 N–H and O–H groups in total. The van der Waals surface area contributed by atoms with E-state index in [1.807, 2.05) is 0 Å². The van der Waals surface area contributed by atoms with Gasteiger partial charge in [-0.05, 0) is 0 Å². The lowest BCUT2D eigenvalue weighted by Gasteiger charge is -2.19. The Labute approximate surface area is 51.2 Å². The van der Waals surface area contributed by atoms with Crippen LogP contribution in [0.1, 0.15) is 12.8 Å². The Bertz CT molecular complexity index is 123. The van der Waals surface area contributed by atoms with Crippen molar-refractivity contribution in [3.63, 3.8) is 0 Å². The van der Waals surface area contributed by atoms with Gasteiger partial charge in [0.15, 0.2) is 0 Å². The molecular weight excluding hydrogens is 128 g/mol. The number of alkyl halides is 2. The van der Waals surface area contributed by atoms with Crippen molar-refractivity contribution in [1.82, 2.24) is 5.32 Å². The Morgan fingerprint density at radius 3 is 2.56 bits per heavy atom. The Balaban J connectivity index is 2.44. The summed E-state index contributed by atoms with van der Waals surface area (Å²) in [4.78, 5) is 10.3. The van der Waals surface area contributed by atoms with Crippen LogP contribution in [-0.2, 0) is 4.79 Å². The summed E-state index contributed by atoms with van der Waals surface area (Å²) in [7, 11) is 0. The number of piperidine rings is 1. The number of rotatable bonds is 0. The minimum Gasteiger partial charge on any atom is -0.273 e. The molecule has 1 saturated heterocycles. The standard InChI is InChI=1S/C5H6F2NO/c6-5(7)2-1-4(9)8-3-5/h1-3H2. The molecule has 1 amide bonds. The molecule has 1 heterocycles. The third kappa shape index (κ3) is 1.62. The minimum atomic E-state index is -2.73. The zero-order chi connectivity index (χ0) is 6.91. The van der Waals surface area contributed by atoms with Crippen molar-refractivity contribution >= 4 is 5.91 Å². The summed E-state index contributed by atoms with van der Waals surface area (Å²) >= 11 is 0. The zero-order valence-corrected chi connectivity index (χ0v) is 4.73. The van der Waals surface area contributed by atoms with Gasteiger partial charge in [-0.1, -0.05) is 0 Å². The molecule has 0 saturated carbocycles. The fraction of sp³-hybridized carbons (Fsp3) is 0.800. The molecule has 1 fully saturated rings. The number of hydrogen-bond acceptors (Lipinski definition) is 1. The van der Waals surface area contributed by atoms with E-state index in [9.17, 15) is 13.6 Å². The largest absolute Gasteiger partial charge is 0.273 e. The van der Waals surface area contributed by atoms with Gasteiger partial charge in [-0.25, -0.2) is 14.1 Å². The predicted molar refractivity (Wildman–Crippen MR) is 26.2 cm³/mol. The van der Waals surface area contributed by atoms with E-state index in [4.69, 9.17) is 0 Å². The van der Waals surface area contributed by atoms with Gasteiger partial charge in [-0.3, -0.25) is 4.79 Å². The normalized spacial score (nSPS) is 25.3. The maximum Gasteiger partial charge on any atom is 0.267 e. The molecule has 0 bridgehead atoms. The third-order valence-corrected chi connectivity index (χ3v) is 1.19. The molecule has 0 aliphatic carbocycles. The van der Waals surface area contributed by atoms with Crippen molar-refractivity contribution in [1.29, 1.82) is 0 Å². The smallest absolute Gasteiger partial charge is 0.267 e. The number of carbonyl (C=O) groups excluding carboxylic acids is 1. The lowest BCUT2D eigenvalue weighted by molar-refractivity contribution is -0.130. The van der Waals surface area contributed by atoms with E-state index in [0.717, 1.165) is 0 Å². The van der Waals surface area contributed by atoms with Crippen LogP contribution in [0.5, 0.6) is 0 Å². The van der Waals surface area contributed by atoms with E-state index in [-0.39, 0.29) is 12.8 Å². The topological polar surface area (TPSA) is 31.2 Å². The first kappa shape index (κ1) is 6.45. The van der Waals surface area contributed by atoms with Crippen LogP contribution in [0.4, 0.5) is 8.78 Å². The Hall–Kier alpha value is -0.670. The van der Waals surface area contributed by atoms with Crippen molar-refractivity contribution in [3.05, 3.63) is 0 Å². The van der Waals surface area contributed by atoms with Gasteiger partial charge in [0.2, 0.25) is 5.91 Å².